The van der Waals surface area contributed by atoms with Gasteiger partial charge in [-0.25, -0.2) is 4.79 Å². The number of anilines is 1. The zero-order chi connectivity index (χ0) is 17.9. The number of methoxy groups -OCH3 is 1. The first kappa shape index (κ1) is 17.5. The van der Waals surface area contributed by atoms with Gasteiger partial charge in [0.15, 0.2) is 0 Å². The highest BCUT2D eigenvalue weighted by Gasteiger charge is 2.10. The van der Waals surface area contributed by atoms with Crippen molar-refractivity contribution in [3.05, 3.63) is 52.4 Å². The summed E-state index contributed by atoms with van der Waals surface area (Å²) in [5, 5.41) is 7.09. The molecule has 24 heavy (non-hydrogen) atoms. The van der Waals surface area contributed by atoms with Crippen molar-refractivity contribution >= 4 is 23.6 Å². The van der Waals surface area contributed by atoms with E-state index in [0.717, 1.165) is 22.5 Å². The summed E-state index contributed by atoms with van der Waals surface area (Å²) in [4.78, 5) is 23.8. The number of aryl methyl sites for hydroxylation is 3. The molecule has 126 valence electrons. The molecule has 1 N–H and O–H groups in total. The summed E-state index contributed by atoms with van der Waals surface area (Å²) >= 11 is 0. The Balaban J connectivity index is 2.18. The Hall–Kier alpha value is -2.89. The van der Waals surface area contributed by atoms with Gasteiger partial charge < -0.3 is 10.1 Å². The molecule has 0 spiro atoms. The van der Waals surface area contributed by atoms with Crippen molar-refractivity contribution in [3.8, 4) is 0 Å². The quantitative estimate of drug-likeness (QED) is 0.692. The van der Waals surface area contributed by atoms with Gasteiger partial charge in [0.25, 0.3) is 0 Å². The highest BCUT2D eigenvalue weighted by Crippen LogP contribution is 2.18. The monoisotopic (exact) mass is 327 g/mol. The molecule has 2 aromatic rings. The fourth-order valence-corrected chi connectivity index (χ4v) is 2.37. The summed E-state index contributed by atoms with van der Waals surface area (Å²) in [5.74, 6) is -0.717. The largest absolute Gasteiger partial charge is 0.465 e. The summed E-state index contributed by atoms with van der Waals surface area (Å²) in [6, 6.07) is 5.03. The molecule has 0 saturated heterocycles. The van der Waals surface area contributed by atoms with Crippen molar-refractivity contribution in [1.82, 2.24) is 9.78 Å². The number of ether oxygens (including phenoxy) is 1. The molecule has 0 aliphatic rings. The van der Waals surface area contributed by atoms with Crippen LogP contribution >= 0.6 is 0 Å². The topological polar surface area (TPSA) is 73.2 Å². The van der Waals surface area contributed by atoms with Gasteiger partial charge in [-0.15, -0.1) is 0 Å². The van der Waals surface area contributed by atoms with Gasteiger partial charge in [-0.3, -0.25) is 9.48 Å². The number of carbonyl (C=O) groups excluding carboxylic acids is 2. The molecule has 1 aromatic heterocycles. The van der Waals surface area contributed by atoms with E-state index in [0.29, 0.717) is 11.3 Å². The molecular weight excluding hydrogens is 306 g/mol. The van der Waals surface area contributed by atoms with Crippen LogP contribution in [0.2, 0.25) is 0 Å². The molecular formula is C18H21N3O3. The lowest BCUT2D eigenvalue weighted by molar-refractivity contribution is -0.111. The van der Waals surface area contributed by atoms with Crippen molar-refractivity contribution in [2.75, 3.05) is 12.4 Å². The van der Waals surface area contributed by atoms with Crippen LogP contribution in [-0.2, 0) is 16.6 Å². The van der Waals surface area contributed by atoms with Gasteiger partial charge >= 0.3 is 5.97 Å². The number of nitrogens with one attached hydrogen (secondary N) is 1. The van der Waals surface area contributed by atoms with E-state index >= 15 is 0 Å². The van der Waals surface area contributed by atoms with Crippen LogP contribution in [0, 0.1) is 20.8 Å². The number of carbonyl (C=O) groups is 2. The van der Waals surface area contributed by atoms with E-state index in [1.807, 2.05) is 27.8 Å². The third kappa shape index (κ3) is 3.71. The lowest BCUT2D eigenvalue weighted by atomic mass is 10.1. The molecule has 6 heteroatoms. The Kier molecular flexibility index (Phi) is 5.18. The minimum absolute atomic E-state index is 0.275. The van der Waals surface area contributed by atoms with Crippen molar-refractivity contribution in [1.29, 1.82) is 0 Å². The van der Waals surface area contributed by atoms with E-state index in [9.17, 15) is 9.59 Å². The van der Waals surface area contributed by atoms with Crippen LogP contribution in [0.5, 0.6) is 0 Å². The van der Waals surface area contributed by atoms with Crippen molar-refractivity contribution in [2.24, 2.45) is 7.05 Å². The molecule has 0 bridgehead atoms. The SMILES string of the molecule is COC(=O)c1ccc(C)c(NC(=O)/C=C/c2c(C)nn(C)c2C)c1. The zero-order valence-corrected chi connectivity index (χ0v) is 14.5. The van der Waals surface area contributed by atoms with Gasteiger partial charge in [0, 0.05) is 30.1 Å². The Morgan fingerprint density at radius 3 is 2.54 bits per heavy atom. The molecule has 1 aromatic carbocycles. The van der Waals surface area contributed by atoms with Gasteiger partial charge in [-0.2, -0.15) is 5.10 Å². The average Bonchev–Trinajstić information content (AvgIpc) is 2.79. The highest BCUT2D eigenvalue weighted by atomic mass is 16.5. The number of esters is 1. The van der Waals surface area contributed by atoms with Crippen molar-refractivity contribution < 1.29 is 14.3 Å². The maximum absolute atomic E-state index is 12.2. The van der Waals surface area contributed by atoms with Gasteiger partial charge in [-0.1, -0.05) is 6.07 Å². The van der Waals surface area contributed by atoms with E-state index in [4.69, 9.17) is 4.74 Å². The lowest BCUT2D eigenvalue weighted by Crippen LogP contribution is -2.10. The smallest absolute Gasteiger partial charge is 0.337 e. The van der Waals surface area contributed by atoms with Gasteiger partial charge in [0.2, 0.25) is 5.91 Å². The Morgan fingerprint density at radius 1 is 1.25 bits per heavy atom. The molecule has 0 aliphatic heterocycles. The number of aromatic nitrogens is 2. The number of hydrogen-bond acceptors (Lipinski definition) is 4. The summed E-state index contributed by atoms with van der Waals surface area (Å²) < 4.78 is 6.47. The number of benzene rings is 1. The minimum atomic E-state index is -0.442. The van der Waals surface area contributed by atoms with E-state index in [1.165, 1.54) is 13.2 Å². The lowest BCUT2D eigenvalue weighted by Gasteiger charge is -2.08. The molecule has 0 aliphatic carbocycles. The second kappa shape index (κ2) is 7.12. The van der Waals surface area contributed by atoms with Crippen molar-refractivity contribution in [2.45, 2.75) is 20.8 Å². The molecule has 0 radical (unpaired) electrons. The second-order valence-corrected chi connectivity index (χ2v) is 5.55. The van der Waals surface area contributed by atoms with Gasteiger partial charge in [0.1, 0.15) is 0 Å². The first-order valence-corrected chi connectivity index (χ1v) is 7.51. The normalized spacial score (nSPS) is 10.9. The molecule has 0 unspecified atom stereocenters. The fraction of sp³-hybridized carbons (Fsp3) is 0.278. The summed E-state index contributed by atoms with van der Waals surface area (Å²) in [5.41, 5.74) is 4.60. The predicted molar refractivity (Wildman–Crippen MR) is 92.9 cm³/mol. The van der Waals surface area contributed by atoms with E-state index in [-0.39, 0.29) is 5.91 Å². The van der Waals surface area contributed by atoms with Crippen LogP contribution in [0.25, 0.3) is 6.08 Å². The van der Waals surface area contributed by atoms with E-state index < -0.39 is 5.97 Å². The van der Waals surface area contributed by atoms with Gasteiger partial charge in [-0.05, 0) is 44.5 Å². The van der Waals surface area contributed by atoms with Crippen LogP contribution in [0.4, 0.5) is 5.69 Å². The molecule has 1 amide bonds. The Morgan fingerprint density at radius 2 is 1.96 bits per heavy atom. The van der Waals surface area contributed by atoms with E-state index in [2.05, 4.69) is 10.4 Å². The summed E-state index contributed by atoms with van der Waals surface area (Å²) in [6.07, 6.45) is 3.20. The number of amides is 1. The van der Waals surface area contributed by atoms with Crippen LogP contribution < -0.4 is 5.32 Å². The predicted octanol–water partition coefficient (Wildman–Crippen LogP) is 2.78. The molecule has 0 saturated carbocycles. The van der Waals surface area contributed by atoms with Crippen LogP contribution in [0.15, 0.2) is 24.3 Å². The zero-order valence-electron chi connectivity index (χ0n) is 14.5. The standard InChI is InChI=1S/C18H21N3O3/c1-11-6-7-14(18(23)24-5)10-16(11)19-17(22)9-8-15-12(2)20-21(4)13(15)3/h6-10H,1-5H3,(H,19,22)/b9-8+. The average molecular weight is 327 g/mol. The summed E-state index contributed by atoms with van der Waals surface area (Å²) in [7, 11) is 3.18. The van der Waals surface area contributed by atoms with E-state index in [1.54, 1.807) is 29.0 Å². The number of hydrogen-bond donors (Lipinski definition) is 1. The number of rotatable bonds is 4. The number of nitrogens with zero attached hydrogens (tertiary/aromatic N) is 2. The second-order valence-electron chi connectivity index (χ2n) is 5.55. The Labute approximate surface area is 141 Å². The fourth-order valence-electron chi connectivity index (χ4n) is 2.37. The van der Waals surface area contributed by atoms with Crippen LogP contribution in [0.1, 0.15) is 32.9 Å². The molecule has 6 nitrogen and oxygen atoms in total. The first-order valence-electron chi connectivity index (χ1n) is 7.51. The maximum Gasteiger partial charge on any atom is 0.337 e. The highest BCUT2D eigenvalue weighted by molar-refractivity contribution is 6.03. The van der Waals surface area contributed by atoms with Crippen molar-refractivity contribution in [3.63, 3.8) is 0 Å². The third-order valence-corrected chi connectivity index (χ3v) is 3.88. The molecule has 0 atom stereocenters. The third-order valence-electron chi connectivity index (χ3n) is 3.88. The maximum atomic E-state index is 12.2. The first-order chi connectivity index (χ1) is 11.3. The Bertz CT molecular complexity index is 819. The molecule has 1 heterocycles. The molecule has 2 rings (SSSR count). The van der Waals surface area contributed by atoms with Gasteiger partial charge in [0.05, 0.1) is 18.4 Å². The van der Waals surface area contributed by atoms with Crippen LogP contribution in [0.3, 0.4) is 0 Å². The molecule has 0 fully saturated rings. The minimum Gasteiger partial charge on any atom is -0.465 e. The van der Waals surface area contributed by atoms with Crippen LogP contribution in [-0.4, -0.2) is 28.8 Å². The summed E-state index contributed by atoms with van der Waals surface area (Å²) in [6.45, 7) is 5.70.